The largest absolute Gasteiger partial charge is 0.385 e. The highest BCUT2D eigenvalue weighted by atomic mass is 16.1. The molecular weight excluding hydrogens is 236 g/mol. The average molecular weight is 252 g/mol. The normalized spacial score (nSPS) is 11.8. The number of fused-ring (bicyclic) bond motifs is 3. The number of carbonyl (C=O) groups excluding carboxylic acids is 1. The molecule has 0 heterocycles. The Morgan fingerprint density at radius 1 is 1.11 bits per heavy atom. The van der Waals surface area contributed by atoms with Gasteiger partial charge in [-0.3, -0.25) is 4.79 Å². The number of rotatable bonds is 4. The number of carbonyl (C=O) groups is 1. The maximum atomic E-state index is 10.7. The van der Waals surface area contributed by atoms with Crippen LogP contribution in [0, 0.1) is 0 Å². The van der Waals surface area contributed by atoms with Crippen LogP contribution in [-0.2, 0) is 11.2 Å². The number of anilines is 1. The van der Waals surface area contributed by atoms with E-state index in [1.807, 2.05) is 0 Å². The molecule has 3 N–H and O–H groups in total. The average Bonchev–Trinajstić information content (AvgIpc) is 2.76. The summed E-state index contributed by atoms with van der Waals surface area (Å²) < 4.78 is 0. The predicted molar refractivity (Wildman–Crippen MR) is 77.0 cm³/mol. The molecule has 1 aliphatic rings. The Morgan fingerprint density at radius 2 is 1.89 bits per heavy atom. The molecule has 3 heteroatoms. The molecule has 0 saturated carbocycles. The molecule has 3 rings (SSSR count). The fraction of sp³-hybridized carbons (Fsp3) is 0.188. The van der Waals surface area contributed by atoms with E-state index in [4.69, 9.17) is 5.73 Å². The maximum absolute atomic E-state index is 10.7. The number of hydrogen-bond acceptors (Lipinski definition) is 2. The van der Waals surface area contributed by atoms with Crippen LogP contribution in [0.25, 0.3) is 11.1 Å². The summed E-state index contributed by atoms with van der Waals surface area (Å²) in [5.74, 6) is -0.277. The summed E-state index contributed by atoms with van der Waals surface area (Å²) in [4.78, 5) is 10.7. The predicted octanol–water partition coefficient (Wildman–Crippen LogP) is 2.55. The minimum Gasteiger partial charge on any atom is -0.385 e. The lowest BCUT2D eigenvalue weighted by Gasteiger charge is -2.07. The molecule has 0 aliphatic heterocycles. The van der Waals surface area contributed by atoms with Crippen LogP contribution >= 0.6 is 0 Å². The van der Waals surface area contributed by atoms with E-state index in [0.29, 0.717) is 13.0 Å². The second-order valence-electron chi connectivity index (χ2n) is 4.85. The van der Waals surface area contributed by atoms with Crippen LogP contribution in [-0.4, -0.2) is 12.5 Å². The number of primary amides is 1. The van der Waals surface area contributed by atoms with E-state index < -0.39 is 0 Å². The van der Waals surface area contributed by atoms with Gasteiger partial charge in [-0.2, -0.15) is 0 Å². The molecule has 0 saturated heterocycles. The Kier molecular flexibility index (Phi) is 2.95. The van der Waals surface area contributed by atoms with Crippen molar-refractivity contribution < 1.29 is 4.79 Å². The van der Waals surface area contributed by atoms with Crippen molar-refractivity contribution in [2.24, 2.45) is 5.73 Å². The van der Waals surface area contributed by atoms with Gasteiger partial charge >= 0.3 is 0 Å². The molecule has 0 spiro atoms. The molecule has 1 aliphatic carbocycles. The number of amides is 1. The van der Waals surface area contributed by atoms with Crippen LogP contribution in [0.3, 0.4) is 0 Å². The summed E-state index contributed by atoms with van der Waals surface area (Å²) in [6.45, 7) is 0.584. The standard InChI is InChI=1S/C16H16N2O/c17-16(19)7-8-18-13-5-6-15-12(10-13)9-11-3-1-2-4-14(11)15/h1-6,10,18H,7-9H2,(H2,17,19). The zero-order chi connectivity index (χ0) is 13.2. The van der Waals surface area contributed by atoms with Crippen molar-refractivity contribution in [3.63, 3.8) is 0 Å². The smallest absolute Gasteiger partial charge is 0.219 e. The van der Waals surface area contributed by atoms with E-state index in [9.17, 15) is 4.79 Å². The van der Waals surface area contributed by atoms with Gasteiger partial charge in [0, 0.05) is 18.7 Å². The molecule has 0 bridgehead atoms. The van der Waals surface area contributed by atoms with Crippen molar-refractivity contribution in [2.75, 3.05) is 11.9 Å². The third-order valence-corrected chi connectivity index (χ3v) is 3.49. The Balaban J connectivity index is 1.79. The summed E-state index contributed by atoms with van der Waals surface area (Å²) in [6.07, 6.45) is 1.34. The molecule has 0 aromatic heterocycles. The van der Waals surface area contributed by atoms with Gasteiger partial charge in [-0.1, -0.05) is 30.3 Å². The fourth-order valence-corrected chi connectivity index (χ4v) is 2.59. The van der Waals surface area contributed by atoms with Gasteiger partial charge in [0.2, 0.25) is 5.91 Å². The third kappa shape index (κ3) is 2.32. The topological polar surface area (TPSA) is 55.1 Å². The van der Waals surface area contributed by atoms with E-state index in [-0.39, 0.29) is 5.91 Å². The first-order chi connectivity index (χ1) is 9.24. The first-order valence-corrected chi connectivity index (χ1v) is 6.47. The van der Waals surface area contributed by atoms with Gasteiger partial charge < -0.3 is 11.1 Å². The second kappa shape index (κ2) is 4.76. The van der Waals surface area contributed by atoms with Crippen molar-refractivity contribution >= 4 is 11.6 Å². The minimum absolute atomic E-state index is 0.277. The molecule has 0 radical (unpaired) electrons. The molecule has 96 valence electrons. The van der Waals surface area contributed by atoms with Crippen LogP contribution in [0.2, 0.25) is 0 Å². The lowest BCUT2D eigenvalue weighted by Crippen LogP contribution is -2.15. The lowest BCUT2D eigenvalue weighted by atomic mass is 10.1. The summed E-state index contributed by atoms with van der Waals surface area (Å²) >= 11 is 0. The molecule has 19 heavy (non-hydrogen) atoms. The molecule has 2 aromatic rings. The van der Waals surface area contributed by atoms with Gasteiger partial charge in [0.15, 0.2) is 0 Å². The van der Waals surface area contributed by atoms with Crippen LogP contribution < -0.4 is 11.1 Å². The zero-order valence-corrected chi connectivity index (χ0v) is 10.6. The van der Waals surface area contributed by atoms with E-state index >= 15 is 0 Å². The number of hydrogen-bond donors (Lipinski definition) is 2. The highest BCUT2D eigenvalue weighted by Crippen LogP contribution is 2.37. The van der Waals surface area contributed by atoms with Crippen molar-refractivity contribution in [2.45, 2.75) is 12.8 Å². The Morgan fingerprint density at radius 3 is 2.74 bits per heavy atom. The Labute approximate surface area is 112 Å². The summed E-state index contributed by atoms with van der Waals surface area (Å²) in [7, 11) is 0. The van der Waals surface area contributed by atoms with Crippen LogP contribution in [0.1, 0.15) is 17.5 Å². The van der Waals surface area contributed by atoms with E-state index in [0.717, 1.165) is 12.1 Å². The molecule has 0 unspecified atom stereocenters. The molecule has 2 aromatic carbocycles. The monoisotopic (exact) mass is 252 g/mol. The van der Waals surface area contributed by atoms with Crippen molar-refractivity contribution in [3.8, 4) is 11.1 Å². The maximum Gasteiger partial charge on any atom is 0.219 e. The van der Waals surface area contributed by atoms with Gasteiger partial charge in [0.1, 0.15) is 0 Å². The van der Waals surface area contributed by atoms with Crippen molar-refractivity contribution in [1.29, 1.82) is 0 Å². The van der Waals surface area contributed by atoms with Gasteiger partial charge in [0.25, 0.3) is 0 Å². The number of nitrogens with one attached hydrogen (secondary N) is 1. The first kappa shape index (κ1) is 11.8. The van der Waals surface area contributed by atoms with Crippen molar-refractivity contribution in [3.05, 3.63) is 53.6 Å². The molecular formula is C16H16N2O. The Bertz CT molecular complexity index is 634. The number of benzene rings is 2. The lowest BCUT2D eigenvalue weighted by molar-refractivity contribution is -0.117. The van der Waals surface area contributed by atoms with Crippen LogP contribution in [0.4, 0.5) is 5.69 Å². The third-order valence-electron chi connectivity index (χ3n) is 3.49. The van der Waals surface area contributed by atoms with Crippen LogP contribution in [0.15, 0.2) is 42.5 Å². The van der Waals surface area contributed by atoms with E-state index in [2.05, 4.69) is 47.8 Å². The molecule has 0 atom stereocenters. The second-order valence-corrected chi connectivity index (χ2v) is 4.85. The molecule has 1 amide bonds. The quantitative estimate of drug-likeness (QED) is 0.749. The zero-order valence-electron chi connectivity index (χ0n) is 10.6. The van der Waals surface area contributed by atoms with E-state index in [1.54, 1.807) is 0 Å². The minimum atomic E-state index is -0.277. The van der Waals surface area contributed by atoms with Gasteiger partial charge in [0.05, 0.1) is 0 Å². The fourth-order valence-electron chi connectivity index (χ4n) is 2.59. The summed E-state index contributed by atoms with van der Waals surface area (Å²) in [5, 5.41) is 3.23. The van der Waals surface area contributed by atoms with Gasteiger partial charge in [-0.05, 0) is 40.8 Å². The van der Waals surface area contributed by atoms with Gasteiger partial charge in [-0.15, -0.1) is 0 Å². The van der Waals surface area contributed by atoms with Gasteiger partial charge in [-0.25, -0.2) is 0 Å². The first-order valence-electron chi connectivity index (χ1n) is 6.47. The molecule has 3 nitrogen and oxygen atoms in total. The van der Waals surface area contributed by atoms with Crippen molar-refractivity contribution in [1.82, 2.24) is 0 Å². The summed E-state index contributed by atoms with van der Waals surface area (Å²) in [5.41, 5.74) is 11.5. The summed E-state index contributed by atoms with van der Waals surface area (Å²) in [6, 6.07) is 14.9. The highest BCUT2D eigenvalue weighted by Gasteiger charge is 2.17. The molecule has 0 fully saturated rings. The van der Waals surface area contributed by atoms with Crippen LogP contribution in [0.5, 0.6) is 0 Å². The Hall–Kier alpha value is -2.29. The van der Waals surface area contributed by atoms with E-state index in [1.165, 1.54) is 22.3 Å². The highest BCUT2D eigenvalue weighted by molar-refractivity contribution is 5.78. The number of nitrogens with two attached hydrogens (primary N) is 1. The SMILES string of the molecule is NC(=O)CCNc1ccc2c(c1)Cc1ccccc1-2.